The van der Waals surface area contributed by atoms with Crippen molar-refractivity contribution < 1.29 is 0 Å². The topological polar surface area (TPSA) is 15.3 Å². The SMILES string of the molecule is CCNC1CCN(C2(C)CC2)CC1. The average molecular weight is 182 g/mol. The van der Waals surface area contributed by atoms with Crippen molar-refractivity contribution in [2.45, 2.75) is 51.1 Å². The van der Waals surface area contributed by atoms with E-state index < -0.39 is 0 Å². The zero-order chi connectivity index (χ0) is 9.31. The fourth-order valence-electron chi connectivity index (χ4n) is 2.41. The zero-order valence-electron chi connectivity index (χ0n) is 8.97. The highest BCUT2D eigenvalue weighted by Crippen LogP contribution is 2.42. The molecule has 2 rings (SSSR count). The van der Waals surface area contributed by atoms with Gasteiger partial charge >= 0.3 is 0 Å². The summed E-state index contributed by atoms with van der Waals surface area (Å²) >= 11 is 0. The van der Waals surface area contributed by atoms with Crippen molar-refractivity contribution >= 4 is 0 Å². The Labute approximate surface area is 81.7 Å². The maximum absolute atomic E-state index is 3.55. The molecule has 1 aliphatic heterocycles. The van der Waals surface area contributed by atoms with Crippen LogP contribution in [0.2, 0.25) is 0 Å². The molecular formula is C11H22N2. The second-order valence-electron chi connectivity index (χ2n) is 4.82. The van der Waals surface area contributed by atoms with Gasteiger partial charge in [-0.3, -0.25) is 4.90 Å². The van der Waals surface area contributed by atoms with Crippen molar-refractivity contribution in [3.8, 4) is 0 Å². The summed E-state index contributed by atoms with van der Waals surface area (Å²) in [5.74, 6) is 0. The van der Waals surface area contributed by atoms with E-state index in [1.807, 2.05) is 0 Å². The monoisotopic (exact) mass is 182 g/mol. The maximum Gasteiger partial charge on any atom is 0.0182 e. The fraction of sp³-hybridized carbons (Fsp3) is 1.00. The van der Waals surface area contributed by atoms with Gasteiger partial charge in [0.05, 0.1) is 0 Å². The largest absolute Gasteiger partial charge is 0.314 e. The van der Waals surface area contributed by atoms with Gasteiger partial charge in [0.2, 0.25) is 0 Å². The van der Waals surface area contributed by atoms with Crippen LogP contribution < -0.4 is 5.32 Å². The smallest absolute Gasteiger partial charge is 0.0182 e. The van der Waals surface area contributed by atoms with Crippen molar-refractivity contribution in [2.24, 2.45) is 0 Å². The number of nitrogens with one attached hydrogen (secondary N) is 1. The first kappa shape index (κ1) is 9.47. The summed E-state index contributed by atoms with van der Waals surface area (Å²) in [5, 5.41) is 3.55. The Hall–Kier alpha value is -0.0800. The number of hydrogen-bond donors (Lipinski definition) is 1. The van der Waals surface area contributed by atoms with Crippen LogP contribution in [0.3, 0.4) is 0 Å². The quantitative estimate of drug-likeness (QED) is 0.713. The molecule has 1 saturated heterocycles. The van der Waals surface area contributed by atoms with Crippen LogP contribution in [0.4, 0.5) is 0 Å². The normalized spacial score (nSPS) is 29.1. The van der Waals surface area contributed by atoms with E-state index in [9.17, 15) is 0 Å². The number of likely N-dealkylation sites (tertiary alicyclic amines) is 1. The minimum Gasteiger partial charge on any atom is -0.314 e. The minimum absolute atomic E-state index is 0.608. The van der Waals surface area contributed by atoms with Crippen LogP contribution in [0.1, 0.15) is 39.5 Å². The molecule has 2 heteroatoms. The summed E-state index contributed by atoms with van der Waals surface area (Å²) in [6.07, 6.45) is 5.56. The van der Waals surface area contributed by atoms with Crippen LogP contribution in [0.15, 0.2) is 0 Å². The van der Waals surface area contributed by atoms with Gasteiger partial charge in [-0.1, -0.05) is 6.92 Å². The minimum atomic E-state index is 0.608. The van der Waals surface area contributed by atoms with Gasteiger partial charge in [0.1, 0.15) is 0 Å². The van der Waals surface area contributed by atoms with Crippen LogP contribution in [-0.2, 0) is 0 Å². The lowest BCUT2D eigenvalue weighted by molar-refractivity contribution is 0.138. The molecule has 0 spiro atoms. The summed E-state index contributed by atoms with van der Waals surface area (Å²) in [4.78, 5) is 2.70. The fourth-order valence-corrected chi connectivity index (χ4v) is 2.41. The van der Waals surface area contributed by atoms with E-state index in [1.54, 1.807) is 0 Å². The van der Waals surface area contributed by atoms with Gasteiger partial charge in [0.15, 0.2) is 0 Å². The summed E-state index contributed by atoms with van der Waals surface area (Å²) in [6.45, 7) is 8.37. The first-order chi connectivity index (χ1) is 6.24. The molecular weight excluding hydrogens is 160 g/mol. The van der Waals surface area contributed by atoms with E-state index in [0.29, 0.717) is 5.54 Å². The summed E-state index contributed by atoms with van der Waals surface area (Å²) in [5.41, 5.74) is 0.608. The van der Waals surface area contributed by atoms with Gasteiger partial charge in [-0.2, -0.15) is 0 Å². The van der Waals surface area contributed by atoms with Crippen LogP contribution in [0.5, 0.6) is 0 Å². The molecule has 0 aromatic rings. The third kappa shape index (κ3) is 2.05. The van der Waals surface area contributed by atoms with Crippen molar-refractivity contribution in [2.75, 3.05) is 19.6 Å². The number of rotatable bonds is 3. The Balaban J connectivity index is 1.76. The summed E-state index contributed by atoms with van der Waals surface area (Å²) in [6, 6.07) is 0.795. The summed E-state index contributed by atoms with van der Waals surface area (Å²) < 4.78 is 0. The molecule has 0 aromatic carbocycles. The van der Waals surface area contributed by atoms with E-state index in [0.717, 1.165) is 12.6 Å². The van der Waals surface area contributed by atoms with Crippen LogP contribution in [-0.4, -0.2) is 36.1 Å². The van der Waals surface area contributed by atoms with Crippen molar-refractivity contribution in [3.05, 3.63) is 0 Å². The summed E-state index contributed by atoms with van der Waals surface area (Å²) in [7, 11) is 0. The molecule has 0 unspecified atom stereocenters. The van der Waals surface area contributed by atoms with Gasteiger partial charge in [-0.15, -0.1) is 0 Å². The molecule has 2 nitrogen and oxygen atoms in total. The molecule has 0 aromatic heterocycles. The lowest BCUT2D eigenvalue weighted by Crippen LogP contribution is -2.46. The molecule has 1 N–H and O–H groups in total. The molecule has 0 atom stereocenters. The first-order valence-electron chi connectivity index (χ1n) is 5.73. The molecule has 0 bridgehead atoms. The Bertz CT molecular complexity index is 167. The van der Waals surface area contributed by atoms with Crippen molar-refractivity contribution in [1.29, 1.82) is 0 Å². The van der Waals surface area contributed by atoms with Gasteiger partial charge in [0, 0.05) is 24.7 Å². The first-order valence-corrected chi connectivity index (χ1v) is 5.73. The molecule has 1 heterocycles. The zero-order valence-corrected chi connectivity index (χ0v) is 8.97. The Morgan fingerprint density at radius 3 is 2.38 bits per heavy atom. The maximum atomic E-state index is 3.55. The molecule has 1 aliphatic carbocycles. The standard InChI is InChI=1S/C11H22N2/c1-3-12-10-4-8-13(9-5-10)11(2)6-7-11/h10,12H,3-9H2,1-2H3. The Morgan fingerprint density at radius 2 is 1.92 bits per heavy atom. The molecule has 76 valence electrons. The third-order valence-electron chi connectivity index (χ3n) is 3.72. The molecule has 2 fully saturated rings. The van der Waals surface area contributed by atoms with E-state index >= 15 is 0 Å². The van der Waals surface area contributed by atoms with Gasteiger partial charge in [-0.25, -0.2) is 0 Å². The molecule has 13 heavy (non-hydrogen) atoms. The molecule has 0 amide bonds. The second-order valence-corrected chi connectivity index (χ2v) is 4.82. The highest BCUT2D eigenvalue weighted by atomic mass is 15.2. The highest BCUT2D eigenvalue weighted by Gasteiger charge is 2.43. The lowest BCUT2D eigenvalue weighted by Gasteiger charge is -2.36. The Morgan fingerprint density at radius 1 is 1.31 bits per heavy atom. The average Bonchev–Trinajstić information content (AvgIpc) is 2.87. The van der Waals surface area contributed by atoms with Crippen molar-refractivity contribution in [1.82, 2.24) is 10.2 Å². The Kier molecular flexibility index (Phi) is 2.61. The second kappa shape index (κ2) is 3.58. The lowest BCUT2D eigenvalue weighted by atomic mass is 10.0. The van der Waals surface area contributed by atoms with E-state index in [1.165, 1.54) is 38.8 Å². The molecule has 2 aliphatic rings. The third-order valence-corrected chi connectivity index (χ3v) is 3.72. The van der Waals surface area contributed by atoms with Crippen LogP contribution in [0, 0.1) is 0 Å². The molecule has 0 radical (unpaired) electrons. The van der Waals surface area contributed by atoms with Crippen LogP contribution in [0.25, 0.3) is 0 Å². The number of hydrogen-bond acceptors (Lipinski definition) is 2. The predicted molar refractivity (Wildman–Crippen MR) is 55.9 cm³/mol. The predicted octanol–water partition coefficient (Wildman–Crippen LogP) is 1.61. The van der Waals surface area contributed by atoms with Gasteiger partial charge in [-0.05, 0) is 39.2 Å². The number of piperidine rings is 1. The van der Waals surface area contributed by atoms with Crippen molar-refractivity contribution in [3.63, 3.8) is 0 Å². The highest BCUT2D eigenvalue weighted by molar-refractivity contribution is 5.01. The van der Waals surface area contributed by atoms with E-state index in [2.05, 4.69) is 24.1 Å². The van der Waals surface area contributed by atoms with Crippen LogP contribution >= 0.6 is 0 Å². The molecule has 1 saturated carbocycles. The van der Waals surface area contributed by atoms with Gasteiger partial charge in [0.25, 0.3) is 0 Å². The van der Waals surface area contributed by atoms with E-state index in [-0.39, 0.29) is 0 Å². The number of nitrogens with zero attached hydrogens (tertiary/aromatic N) is 1. The van der Waals surface area contributed by atoms with E-state index in [4.69, 9.17) is 0 Å². The van der Waals surface area contributed by atoms with Gasteiger partial charge < -0.3 is 5.32 Å².